The van der Waals surface area contributed by atoms with Gasteiger partial charge in [0.15, 0.2) is 0 Å². The summed E-state index contributed by atoms with van der Waals surface area (Å²) in [5.74, 6) is -2.67. The minimum atomic E-state index is -1.04. The molecule has 0 saturated carbocycles. The number of nitrogens with zero attached hydrogens (tertiary/aromatic N) is 2. The number of benzene rings is 1. The van der Waals surface area contributed by atoms with Crippen molar-refractivity contribution < 1.29 is 28.8 Å². The Bertz CT molecular complexity index is 746. The maximum absolute atomic E-state index is 12.7. The monoisotopic (exact) mass is 376 g/mol. The zero-order valence-corrected chi connectivity index (χ0v) is 16.3. The number of amides is 3. The Morgan fingerprint density at radius 3 is 1.93 bits per heavy atom. The van der Waals surface area contributed by atoms with Crippen LogP contribution >= 0.6 is 0 Å². The molecule has 2 rings (SSSR count). The molecule has 1 aliphatic heterocycles. The fourth-order valence-corrected chi connectivity index (χ4v) is 2.72. The van der Waals surface area contributed by atoms with Crippen LogP contribution in [0.2, 0.25) is 0 Å². The molecular formula is C19H24N2O6. The topological polar surface area (TPSA) is 93.2 Å². The molecule has 146 valence electrons. The van der Waals surface area contributed by atoms with Gasteiger partial charge in [0.25, 0.3) is 11.8 Å². The lowest BCUT2D eigenvalue weighted by Gasteiger charge is -2.31. The van der Waals surface area contributed by atoms with E-state index in [4.69, 9.17) is 9.57 Å². The molecular weight excluding hydrogens is 352 g/mol. The quantitative estimate of drug-likeness (QED) is 0.750. The van der Waals surface area contributed by atoms with E-state index in [1.807, 2.05) is 0 Å². The van der Waals surface area contributed by atoms with Gasteiger partial charge >= 0.3 is 12.1 Å². The number of hydrogen-bond acceptors (Lipinski definition) is 6. The van der Waals surface area contributed by atoms with E-state index in [0.717, 1.165) is 4.90 Å². The second kappa shape index (κ2) is 7.38. The Balaban J connectivity index is 2.18. The van der Waals surface area contributed by atoms with Crippen molar-refractivity contribution >= 4 is 23.9 Å². The molecule has 8 nitrogen and oxygen atoms in total. The molecule has 3 amide bonds. The summed E-state index contributed by atoms with van der Waals surface area (Å²) in [6.45, 7) is 8.56. The zero-order valence-electron chi connectivity index (χ0n) is 16.3. The third-order valence-electron chi connectivity index (χ3n) is 3.91. The van der Waals surface area contributed by atoms with Gasteiger partial charge in [-0.05, 0) is 38.8 Å². The van der Waals surface area contributed by atoms with Crippen LogP contribution in [0.3, 0.4) is 0 Å². The van der Waals surface area contributed by atoms with Crippen molar-refractivity contribution in [3.63, 3.8) is 0 Å². The van der Waals surface area contributed by atoms with Gasteiger partial charge in [-0.25, -0.2) is 9.59 Å². The van der Waals surface area contributed by atoms with Crippen molar-refractivity contribution in [2.45, 2.75) is 46.3 Å². The fourth-order valence-electron chi connectivity index (χ4n) is 2.72. The molecule has 8 heteroatoms. The lowest BCUT2D eigenvalue weighted by molar-refractivity contribution is -0.176. The fraction of sp³-hybridized carbons (Fsp3) is 0.474. The van der Waals surface area contributed by atoms with Crippen LogP contribution in [0.5, 0.6) is 0 Å². The molecule has 0 saturated heterocycles. The molecule has 0 bridgehead atoms. The van der Waals surface area contributed by atoms with E-state index in [2.05, 4.69) is 0 Å². The SMILES string of the molecule is CC(C)[C@@H](C(=O)ON1C(=O)c2ccccc2C1=O)N(C)C(=O)OC(C)(C)C. The van der Waals surface area contributed by atoms with Crippen LogP contribution < -0.4 is 0 Å². The molecule has 1 aromatic carbocycles. The molecule has 1 aliphatic rings. The third-order valence-corrected chi connectivity index (χ3v) is 3.91. The van der Waals surface area contributed by atoms with E-state index in [-0.39, 0.29) is 17.0 Å². The van der Waals surface area contributed by atoms with E-state index >= 15 is 0 Å². The highest BCUT2D eigenvalue weighted by atomic mass is 16.7. The van der Waals surface area contributed by atoms with Crippen molar-refractivity contribution in [1.82, 2.24) is 9.96 Å². The molecule has 0 aromatic heterocycles. The van der Waals surface area contributed by atoms with E-state index in [0.29, 0.717) is 5.06 Å². The van der Waals surface area contributed by atoms with Crippen LogP contribution in [-0.4, -0.2) is 52.5 Å². The molecule has 0 aliphatic carbocycles. The molecule has 1 atom stereocenters. The Morgan fingerprint density at radius 1 is 1.04 bits per heavy atom. The van der Waals surface area contributed by atoms with Gasteiger partial charge < -0.3 is 9.57 Å². The number of rotatable bonds is 4. The minimum absolute atomic E-state index is 0.164. The van der Waals surface area contributed by atoms with Gasteiger partial charge in [-0.2, -0.15) is 0 Å². The highest BCUT2D eigenvalue weighted by molar-refractivity contribution is 6.20. The lowest BCUT2D eigenvalue weighted by Crippen LogP contribution is -2.50. The van der Waals surface area contributed by atoms with E-state index < -0.39 is 35.5 Å². The molecule has 0 radical (unpaired) electrons. The van der Waals surface area contributed by atoms with Crippen LogP contribution in [-0.2, 0) is 14.4 Å². The van der Waals surface area contributed by atoms with Gasteiger partial charge in [0.2, 0.25) is 0 Å². The minimum Gasteiger partial charge on any atom is -0.444 e. The predicted octanol–water partition coefficient (Wildman–Crippen LogP) is 2.63. The summed E-state index contributed by atoms with van der Waals surface area (Å²) in [6.07, 6.45) is -0.708. The van der Waals surface area contributed by atoms with Crippen LogP contribution in [0.15, 0.2) is 24.3 Å². The van der Waals surface area contributed by atoms with Gasteiger partial charge in [0.1, 0.15) is 11.6 Å². The zero-order chi connectivity index (χ0) is 20.5. The van der Waals surface area contributed by atoms with Crippen molar-refractivity contribution in [2.24, 2.45) is 5.92 Å². The second-order valence-corrected chi connectivity index (χ2v) is 7.64. The summed E-state index contributed by atoms with van der Waals surface area (Å²) < 4.78 is 5.28. The van der Waals surface area contributed by atoms with Crippen LogP contribution in [0, 0.1) is 5.92 Å². The van der Waals surface area contributed by atoms with Crippen molar-refractivity contribution in [3.05, 3.63) is 35.4 Å². The molecule has 0 unspecified atom stereocenters. The van der Waals surface area contributed by atoms with Crippen molar-refractivity contribution in [3.8, 4) is 0 Å². The molecule has 0 spiro atoms. The highest BCUT2D eigenvalue weighted by Gasteiger charge is 2.42. The maximum atomic E-state index is 12.7. The summed E-state index contributed by atoms with van der Waals surface area (Å²) in [5.41, 5.74) is -0.409. The lowest BCUT2D eigenvalue weighted by atomic mass is 10.0. The molecule has 1 aromatic rings. The Kier molecular flexibility index (Phi) is 5.58. The van der Waals surface area contributed by atoms with Crippen LogP contribution in [0.1, 0.15) is 55.3 Å². The number of fused-ring (bicyclic) bond motifs is 1. The average molecular weight is 376 g/mol. The Labute approximate surface area is 158 Å². The Hall–Kier alpha value is -2.90. The van der Waals surface area contributed by atoms with E-state index in [9.17, 15) is 19.2 Å². The van der Waals surface area contributed by atoms with Crippen LogP contribution in [0.25, 0.3) is 0 Å². The number of carbonyl (C=O) groups is 4. The summed E-state index contributed by atoms with van der Waals surface area (Å²) in [4.78, 5) is 55.9. The predicted molar refractivity (Wildman–Crippen MR) is 95.7 cm³/mol. The first-order valence-electron chi connectivity index (χ1n) is 8.59. The number of hydroxylamine groups is 2. The second-order valence-electron chi connectivity index (χ2n) is 7.64. The molecule has 27 heavy (non-hydrogen) atoms. The first kappa shape index (κ1) is 20.4. The molecule has 0 fully saturated rings. The molecule has 1 heterocycles. The number of imide groups is 1. The number of carbonyl (C=O) groups excluding carboxylic acids is 4. The van der Waals surface area contributed by atoms with Crippen molar-refractivity contribution in [1.29, 1.82) is 0 Å². The summed E-state index contributed by atoms with van der Waals surface area (Å²) in [6, 6.07) is 5.15. The normalized spacial score (nSPS) is 14.9. The molecule has 0 N–H and O–H groups in total. The smallest absolute Gasteiger partial charge is 0.410 e. The first-order valence-corrected chi connectivity index (χ1v) is 8.59. The summed E-state index contributed by atoms with van der Waals surface area (Å²) >= 11 is 0. The van der Waals surface area contributed by atoms with Gasteiger partial charge in [-0.1, -0.05) is 31.0 Å². The maximum Gasteiger partial charge on any atom is 0.410 e. The van der Waals surface area contributed by atoms with Gasteiger partial charge in [0.05, 0.1) is 11.1 Å². The average Bonchev–Trinajstić information content (AvgIpc) is 2.78. The summed E-state index contributed by atoms with van der Waals surface area (Å²) in [5, 5.41) is 0.436. The van der Waals surface area contributed by atoms with E-state index in [1.54, 1.807) is 46.8 Å². The Morgan fingerprint density at radius 2 is 1.52 bits per heavy atom. The number of hydrogen-bond donors (Lipinski definition) is 0. The van der Waals surface area contributed by atoms with Gasteiger partial charge in [-0.3, -0.25) is 14.5 Å². The van der Waals surface area contributed by atoms with Gasteiger partial charge in [-0.15, -0.1) is 0 Å². The number of ether oxygens (including phenoxy) is 1. The number of likely N-dealkylation sites (N-methyl/N-ethyl adjacent to an activating group) is 1. The first-order chi connectivity index (χ1) is 12.4. The standard InChI is InChI=1S/C19H24N2O6/c1-11(2)14(20(6)18(25)26-19(3,4)5)17(24)27-21-15(22)12-9-7-8-10-13(12)16(21)23/h7-11,14H,1-6H3/t14-/m0/s1. The van der Waals surface area contributed by atoms with Crippen LogP contribution in [0.4, 0.5) is 4.79 Å². The third kappa shape index (κ3) is 4.27. The van der Waals surface area contributed by atoms with E-state index in [1.165, 1.54) is 19.2 Å². The van der Waals surface area contributed by atoms with Crippen molar-refractivity contribution in [2.75, 3.05) is 7.05 Å². The van der Waals surface area contributed by atoms with Gasteiger partial charge in [0, 0.05) is 7.05 Å². The largest absolute Gasteiger partial charge is 0.444 e. The summed E-state index contributed by atoms with van der Waals surface area (Å²) in [7, 11) is 1.41. The highest BCUT2D eigenvalue weighted by Crippen LogP contribution is 2.24.